The Bertz CT molecular complexity index is 700. The van der Waals surface area contributed by atoms with Gasteiger partial charge in [-0.05, 0) is 36.3 Å². The number of aliphatic hydroxyl groups excluding tert-OH is 1. The van der Waals surface area contributed by atoms with Crippen LogP contribution in [0.2, 0.25) is 0 Å². The van der Waals surface area contributed by atoms with Crippen LogP contribution in [0.1, 0.15) is 11.1 Å². The molecule has 0 bridgehead atoms. The SMILES string of the molecule is O=C(C=Cc1ccccc1OC(F)F)Nc1ccc(CCO)cc1. The first-order valence-electron chi connectivity index (χ1n) is 7.31. The average Bonchev–Trinajstić information content (AvgIpc) is 2.56. The summed E-state index contributed by atoms with van der Waals surface area (Å²) in [6.07, 6.45) is 3.21. The number of rotatable bonds is 7. The lowest BCUT2D eigenvalue weighted by molar-refractivity contribution is -0.111. The zero-order chi connectivity index (χ0) is 17.4. The van der Waals surface area contributed by atoms with E-state index in [4.69, 9.17) is 5.11 Å². The molecule has 0 fully saturated rings. The molecular formula is C18H17F2NO3. The van der Waals surface area contributed by atoms with Crippen LogP contribution in [0.5, 0.6) is 5.75 Å². The lowest BCUT2D eigenvalue weighted by Gasteiger charge is -2.07. The highest BCUT2D eigenvalue weighted by Crippen LogP contribution is 2.21. The first-order chi connectivity index (χ1) is 11.6. The van der Waals surface area contributed by atoms with E-state index in [1.807, 2.05) is 0 Å². The number of carbonyl (C=O) groups excluding carboxylic acids is 1. The van der Waals surface area contributed by atoms with Gasteiger partial charge < -0.3 is 15.2 Å². The highest BCUT2D eigenvalue weighted by atomic mass is 19.3. The third-order valence-corrected chi connectivity index (χ3v) is 3.17. The van der Waals surface area contributed by atoms with Crippen LogP contribution < -0.4 is 10.1 Å². The van der Waals surface area contributed by atoms with E-state index < -0.39 is 12.5 Å². The molecule has 24 heavy (non-hydrogen) atoms. The minimum Gasteiger partial charge on any atom is -0.434 e. The molecule has 2 aromatic carbocycles. The number of ether oxygens (including phenoxy) is 1. The maximum Gasteiger partial charge on any atom is 0.387 e. The molecule has 0 aromatic heterocycles. The van der Waals surface area contributed by atoms with Crippen molar-refractivity contribution in [3.63, 3.8) is 0 Å². The van der Waals surface area contributed by atoms with Gasteiger partial charge in [0.15, 0.2) is 0 Å². The Morgan fingerprint density at radius 2 is 1.88 bits per heavy atom. The van der Waals surface area contributed by atoms with Crippen molar-refractivity contribution in [2.45, 2.75) is 13.0 Å². The number of carbonyl (C=O) groups is 1. The molecule has 0 aliphatic carbocycles. The van der Waals surface area contributed by atoms with Gasteiger partial charge in [0.1, 0.15) is 5.75 Å². The Kier molecular flexibility index (Phi) is 6.45. The number of hydrogen-bond donors (Lipinski definition) is 2. The van der Waals surface area contributed by atoms with Crippen LogP contribution in [0.15, 0.2) is 54.6 Å². The van der Waals surface area contributed by atoms with E-state index in [9.17, 15) is 13.6 Å². The van der Waals surface area contributed by atoms with Crippen molar-refractivity contribution in [1.82, 2.24) is 0 Å². The standard InChI is InChI=1S/C18H17F2NO3/c19-18(20)24-16-4-2-1-3-14(16)7-10-17(23)21-15-8-5-13(6-9-15)11-12-22/h1-10,18,22H,11-12H2,(H,21,23). The smallest absolute Gasteiger partial charge is 0.387 e. The quantitative estimate of drug-likeness (QED) is 0.763. The van der Waals surface area contributed by atoms with E-state index in [-0.39, 0.29) is 12.4 Å². The fourth-order valence-electron chi connectivity index (χ4n) is 2.05. The molecule has 126 valence electrons. The second kappa shape index (κ2) is 8.79. The molecular weight excluding hydrogens is 316 g/mol. The van der Waals surface area contributed by atoms with E-state index in [1.165, 1.54) is 18.2 Å². The monoisotopic (exact) mass is 333 g/mol. The van der Waals surface area contributed by atoms with Gasteiger partial charge in [0.2, 0.25) is 5.91 Å². The fourth-order valence-corrected chi connectivity index (χ4v) is 2.05. The van der Waals surface area contributed by atoms with E-state index >= 15 is 0 Å². The lowest BCUT2D eigenvalue weighted by atomic mass is 10.1. The molecule has 6 heteroatoms. The summed E-state index contributed by atoms with van der Waals surface area (Å²) < 4.78 is 29.1. The molecule has 0 saturated heterocycles. The van der Waals surface area contributed by atoms with Gasteiger partial charge in [-0.3, -0.25) is 4.79 Å². The third kappa shape index (κ3) is 5.48. The number of alkyl halides is 2. The summed E-state index contributed by atoms with van der Waals surface area (Å²) in [5.74, 6) is -0.387. The van der Waals surface area contributed by atoms with Gasteiger partial charge in [0.05, 0.1) is 0 Å². The van der Waals surface area contributed by atoms with Crippen molar-refractivity contribution in [3.05, 3.63) is 65.7 Å². The van der Waals surface area contributed by atoms with Gasteiger partial charge in [-0.1, -0.05) is 30.3 Å². The van der Waals surface area contributed by atoms with Crippen LogP contribution in [0, 0.1) is 0 Å². The lowest BCUT2D eigenvalue weighted by Crippen LogP contribution is -2.08. The molecule has 0 aliphatic rings. The highest BCUT2D eigenvalue weighted by Gasteiger charge is 2.07. The van der Waals surface area contributed by atoms with Crippen molar-refractivity contribution in [2.24, 2.45) is 0 Å². The number of anilines is 1. The summed E-state index contributed by atoms with van der Waals surface area (Å²) in [5.41, 5.74) is 1.94. The minimum absolute atomic E-state index is 0.00454. The predicted octanol–water partition coefficient (Wildman–Crippen LogP) is 3.47. The number of aliphatic hydroxyl groups is 1. The van der Waals surface area contributed by atoms with Crippen molar-refractivity contribution < 1.29 is 23.4 Å². The van der Waals surface area contributed by atoms with Crippen molar-refractivity contribution in [3.8, 4) is 5.75 Å². The van der Waals surface area contributed by atoms with Crippen LogP contribution in [-0.4, -0.2) is 24.2 Å². The van der Waals surface area contributed by atoms with Crippen LogP contribution in [0.3, 0.4) is 0 Å². The molecule has 2 rings (SSSR count). The summed E-state index contributed by atoms with van der Waals surface area (Å²) in [7, 11) is 0. The Balaban J connectivity index is 2.00. The number of benzene rings is 2. The topological polar surface area (TPSA) is 58.6 Å². The molecule has 0 radical (unpaired) electrons. The Morgan fingerprint density at radius 3 is 2.54 bits per heavy atom. The molecule has 4 nitrogen and oxygen atoms in total. The molecule has 0 atom stereocenters. The molecule has 0 heterocycles. The van der Waals surface area contributed by atoms with E-state index in [2.05, 4.69) is 10.1 Å². The van der Waals surface area contributed by atoms with E-state index in [1.54, 1.807) is 42.5 Å². The first kappa shape index (κ1) is 17.6. The summed E-state index contributed by atoms with van der Waals surface area (Å²) in [6.45, 7) is -2.86. The van der Waals surface area contributed by atoms with E-state index in [0.29, 0.717) is 17.7 Å². The Hall–Kier alpha value is -2.73. The second-order valence-corrected chi connectivity index (χ2v) is 4.91. The van der Waals surface area contributed by atoms with Crippen LogP contribution in [0.4, 0.5) is 14.5 Å². The number of para-hydroxylation sites is 1. The molecule has 0 spiro atoms. The zero-order valence-electron chi connectivity index (χ0n) is 12.8. The van der Waals surface area contributed by atoms with Crippen LogP contribution >= 0.6 is 0 Å². The maximum absolute atomic E-state index is 12.3. The zero-order valence-corrected chi connectivity index (χ0v) is 12.8. The Morgan fingerprint density at radius 1 is 1.17 bits per heavy atom. The molecule has 2 N–H and O–H groups in total. The number of amides is 1. The first-order valence-corrected chi connectivity index (χ1v) is 7.31. The average molecular weight is 333 g/mol. The normalized spacial score (nSPS) is 11.0. The number of hydrogen-bond acceptors (Lipinski definition) is 3. The van der Waals surface area contributed by atoms with Crippen LogP contribution in [-0.2, 0) is 11.2 Å². The molecule has 0 saturated carbocycles. The molecule has 0 aliphatic heterocycles. The van der Waals surface area contributed by atoms with Gasteiger partial charge >= 0.3 is 6.61 Å². The highest BCUT2D eigenvalue weighted by molar-refractivity contribution is 6.02. The van der Waals surface area contributed by atoms with Gasteiger partial charge in [-0.15, -0.1) is 0 Å². The second-order valence-electron chi connectivity index (χ2n) is 4.91. The maximum atomic E-state index is 12.3. The largest absolute Gasteiger partial charge is 0.434 e. The van der Waals surface area contributed by atoms with Crippen molar-refractivity contribution in [1.29, 1.82) is 0 Å². The fraction of sp³-hybridized carbons (Fsp3) is 0.167. The van der Waals surface area contributed by atoms with Gasteiger partial charge in [-0.25, -0.2) is 0 Å². The van der Waals surface area contributed by atoms with Crippen molar-refractivity contribution >= 4 is 17.7 Å². The summed E-state index contributed by atoms with van der Waals surface area (Å²) in [6, 6.07) is 13.3. The third-order valence-electron chi connectivity index (χ3n) is 3.17. The number of halogens is 2. The van der Waals surface area contributed by atoms with Crippen molar-refractivity contribution in [2.75, 3.05) is 11.9 Å². The van der Waals surface area contributed by atoms with Crippen LogP contribution in [0.25, 0.3) is 6.08 Å². The summed E-state index contributed by atoms with van der Waals surface area (Å²) in [4.78, 5) is 11.9. The predicted molar refractivity (Wildman–Crippen MR) is 88.0 cm³/mol. The van der Waals surface area contributed by atoms with Gasteiger partial charge in [0, 0.05) is 23.9 Å². The molecule has 2 aromatic rings. The minimum atomic E-state index is -2.93. The van der Waals surface area contributed by atoms with Gasteiger partial charge in [0.25, 0.3) is 0 Å². The van der Waals surface area contributed by atoms with E-state index in [0.717, 1.165) is 5.56 Å². The number of nitrogens with one attached hydrogen (secondary N) is 1. The molecule has 1 amide bonds. The van der Waals surface area contributed by atoms with Gasteiger partial charge in [-0.2, -0.15) is 8.78 Å². The summed E-state index contributed by atoms with van der Waals surface area (Å²) >= 11 is 0. The molecule has 0 unspecified atom stereocenters. The Labute approximate surface area is 138 Å². The summed E-state index contributed by atoms with van der Waals surface area (Å²) in [5, 5.41) is 11.5.